The molecule has 1 saturated heterocycles. The molecule has 2 aliphatic rings. The summed E-state index contributed by atoms with van der Waals surface area (Å²) in [6.45, 7) is 1.02. The Morgan fingerprint density at radius 2 is 1.50 bits per heavy atom. The fourth-order valence-corrected chi connectivity index (χ4v) is 2.87. The summed E-state index contributed by atoms with van der Waals surface area (Å²) in [7, 11) is 0. The number of hydrogen-bond acceptors (Lipinski definition) is 4. The van der Waals surface area contributed by atoms with Crippen LogP contribution in [-0.4, -0.2) is 25.0 Å². The van der Waals surface area contributed by atoms with Crippen LogP contribution in [0, 0.1) is 5.92 Å². The molecular formula is C18H17NO3. The Kier molecular flexibility index (Phi) is 3.62. The highest BCUT2D eigenvalue weighted by atomic mass is 16.7. The Labute approximate surface area is 129 Å². The van der Waals surface area contributed by atoms with Crippen molar-refractivity contribution in [2.75, 3.05) is 13.2 Å². The van der Waals surface area contributed by atoms with E-state index in [1.165, 1.54) is 0 Å². The first-order chi connectivity index (χ1) is 10.9. The van der Waals surface area contributed by atoms with E-state index in [9.17, 15) is 0 Å². The molecule has 4 nitrogen and oxygen atoms in total. The topological polar surface area (TPSA) is 40.0 Å². The second-order valence-corrected chi connectivity index (χ2v) is 5.50. The number of ether oxygens (including phenoxy) is 2. The van der Waals surface area contributed by atoms with Crippen molar-refractivity contribution in [2.45, 2.75) is 12.4 Å². The summed E-state index contributed by atoms with van der Waals surface area (Å²) in [5.41, 5.74) is 3.06. The van der Waals surface area contributed by atoms with Gasteiger partial charge in [0.05, 0.1) is 24.8 Å². The van der Waals surface area contributed by atoms with Crippen molar-refractivity contribution in [3.63, 3.8) is 0 Å². The molecule has 22 heavy (non-hydrogen) atoms. The van der Waals surface area contributed by atoms with Crippen LogP contribution >= 0.6 is 0 Å². The number of rotatable bonds is 2. The molecule has 0 unspecified atom stereocenters. The van der Waals surface area contributed by atoms with E-state index in [1.54, 1.807) is 0 Å². The summed E-state index contributed by atoms with van der Waals surface area (Å²) >= 11 is 0. The highest BCUT2D eigenvalue weighted by Gasteiger charge is 2.39. The zero-order valence-electron chi connectivity index (χ0n) is 12.1. The number of nitrogens with zero attached hydrogens (tertiary/aromatic N) is 1. The van der Waals surface area contributed by atoms with Gasteiger partial charge in [0.2, 0.25) is 0 Å². The summed E-state index contributed by atoms with van der Waals surface area (Å²) in [4.78, 5) is 5.57. The lowest BCUT2D eigenvalue weighted by atomic mass is 9.93. The van der Waals surface area contributed by atoms with Gasteiger partial charge < -0.3 is 14.3 Å². The van der Waals surface area contributed by atoms with E-state index in [4.69, 9.17) is 14.3 Å². The zero-order valence-corrected chi connectivity index (χ0v) is 12.1. The lowest BCUT2D eigenvalue weighted by molar-refractivity contribution is -0.139. The Bertz CT molecular complexity index is 657. The predicted octanol–water partition coefficient (Wildman–Crippen LogP) is 3.15. The lowest BCUT2D eigenvalue weighted by Crippen LogP contribution is -2.29. The van der Waals surface area contributed by atoms with Crippen LogP contribution < -0.4 is 0 Å². The first-order valence-electron chi connectivity index (χ1n) is 7.49. The Balaban J connectivity index is 1.53. The average Bonchev–Trinajstić information content (AvgIpc) is 2.88. The van der Waals surface area contributed by atoms with Crippen LogP contribution in [0.2, 0.25) is 0 Å². The summed E-state index contributed by atoms with van der Waals surface area (Å²) in [5, 5.41) is 4.25. The van der Waals surface area contributed by atoms with E-state index >= 15 is 0 Å². The second-order valence-electron chi connectivity index (χ2n) is 5.50. The van der Waals surface area contributed by atoms with Crippen molar-refractivity contribution in [3.8, 4) is 0 Å². The Morgan fingerprint density at radius 3 is 2.27 bits per heavy atom. The largest absolute Gasteiger partial charge is 0.389 e. The van der Waals surface area contributed by atoms with Crippen LogP contribution in [-0.2, 0) is 14.3 Å². The normalized spacial score (nSPS) is 27.5. The molecule has 1 fully saturated rings. The third-order valence-electron chi connectivity index (χ3n) is 4.07. The molecule has 4 heteroatoms. The molecule has 0 amide bonds. The maximum absolute atomic E-state index is 5.97. The van der Waals surface area contributed by atoms with Gasteiger partial charge in [-0.05, 0) is 5.56 Å². The lowest BCUT2D eigenvalue weighted by Gasteiger charge is -2.16. The van der Waals surface area contributed by atoms with Crippen LogP contribution in [0.1, 0.15) is 17.4 Å². The maximum atomic E-state index is 5.97. The van der Waals surface area contributed by atoms with E-state index in [0.29, 0.717) is 13.2 Å². The molecule has 4 rings (SSSR count). The Morgan fingerprint density at radius 1 is 0.818 bits per heavy atom. The molecule has 0 aliphatic carbocycles. The van der Waals surface area contributed by atoms with Gasteiger partial charge in [-0.15, -0.1) is 0 Å². The molecule has 0 spiro atoms. The fraction of sp³-hybridized carbons (Fsp3) is 0.278. The van der Waals surface area contributed by atoms with Crippen molar-refractivity contribution in [2.24, 2.45) is 11.1 Å². The molecule has 2 aliphatic heterocycles. The minimum absolute atomic E-state index is 0.0797. The first kappa shape index (κ1) is 13.5. The quantitative estimate of drug-likeness (QED) is 0.854. The summed E-state index contributed by atoms with van der Waals surface area (Å²) < 4.78 is 11.8. The van der Waals surface area contributed by atoms with Crippen LogP contribution in [0.25, 0.3) is 0 Å². The van der Waals surface area contributed by atoms with Gasteiger partial charge >= 0.3 is 0 Å². The van der Waals surface area contributed by atoms with Crippen molar-refractivity contribution in [1.82, 2.24) is 0 Å². The standard InChI is InChI=1S/C18H17NO3/c1-3-7-13(8-4-1)17-15-11-20-18(14-9-5-2-6-10-14)21-12-16(15)22-19-17/h1-10,15-16,18H,11-12H2/t15-,16+,18+/m0/s1. The number of oxime groups is 1. The van der Waals surface area contributed by atoms with E-state index < -0.39 is 0 Å². The van der Waals surface area contributed by atoms with Crippen LogP contribution in [0.4, 0.5) is 0 Å². The molecule has 0 saturated carbocycles. The highest BCUT2D eigenvalue weighted by Crippen LogP contribution is 2.31. The molecule has 2 heterocycles. The minimum atomic E-state index is -0.340. The van der Waals surface area contributed by atoms with Gasteiger partial charge in [-0.3, -0.25) is 0 Å². The van der Waals surface area contributed by atoms with Crippen molar-refractivity contribution in [3.05, 3.63) is 71.8 Å². The van der Waals surface area contributed by atoms with E-state index in [-0.39, 0.29) is 18.3 Å². The van der Waals surface area contributed by atoms with Gasteiger partial charge in [-0.1, -0.05) is 65.8 Å². The van der Waals surface area contributed by atoms with Crippen molar-refractivity contribution < 1.29 is 14.3 Å². The van der Waals surface area contributed by atoms with Gasteiger partial charge in [-0.25, -0.2) is 0 Å². The molecule has 112 valence electrons. The fourth-order valence-electron chi connectivity index (χ4n) is 2.87. The van der Waals surface area contributed by atoms with Crippen molar-refractivity contribution >= 4 is 5.71 Å². The van der Waals surface area contributed by atoms with Crippen molar-refractivity contribution in [1.29, 1.82) is 0 Å². The van der Waals surface area contributed by atoms with Crippen LogP contribution in [0.15, 0.2) is 65.8 Å². The van der Waals surface area contributed by atoms with Gasteiger partial charge in [0.1, 0.15) is 0 Å². The van der Waals surface area contributed by atoms with E-state index in [2.05, 4.69) is 5.16 Å². The molecule has 0 N–H and O–H groups in total. The van der Waals surface area contributed by atoms with Gasteiger partial charge in [0, 0.05) is 5.56 Å². The van der Waals surface area contributed by atoms with Crippen LogP contribution in [0.3, 0.4) is 0 Å². The molecule has 2 aromatic carbocycles. The predicted molar refractivity (Wildman–Crippen MR) is 82.4 cm³/mol. The smallest absolute Gasteiger partial charge is 0.184 e. The Hall–Kier alpha value is -2.17. The maximum Gasteiger partial charge on any atom is 0.184 e. The first-order valence-corrected chi connectivity index (χ1v) is 7.49. The summed E-state index contributed by atoms with van der Waals surface area (Å²) in [6.07, 6.45) is -0.420. The van der Waals surface area contributed by atoms with Gasteiger partial charge in [0.25, 0.3) is 0 Å². The number of hydrogen-bond donors (Lipinski definition) is 0. The highest BCUT2D eigenvalue weighted by molar-refractivity contribution is 6.03. The van der Waals surface area contributed by atoms with Gasteiger partial charge in [-0.2, -0.15) is 0 Å². The minimum Gasteiger partial charge on any atom is -0.389 e. The third kappa shape index (κ3) is 2.51. The van der Waals surface area contributed by atoms with E-state index in [1.807, 2.05) is 60.7 Å². The SMILES string of the molecule is c1ccc(C2=NO[C@@H]3CO[C@H](c4ccccc4)OC[C@H]23)cc1. The second kappa shape index (κ2) is 5.91. The molecular weight excluding hydrogens is 278 g/mol. The summed E-state index contributed by atoms with van der Waals surface area (Å²) in [6, 6.07) is 20.1. The molecule has 3 atom stereocenters. The summed E-state index contributed by atoms with van der Waals surface area (Å²) in [5.74, 6) is 0.108. The molecule has 0 aromatic heterocycles. The molecule has 0 bridgehead atoms. The van der Waals surface area contributed by atoms with Gasteiger partial charge in [0.15, 0.2) is 12.4 Å². The number of fused-ring (bicyclic) bond motifs is 1. The molecule has 0 radical (unpaired) electrons. The molecule has 2 aromatic rings. The average molecular weight is 295 g/mol. The third-order valence-corrected chi connectivity index (χ3v) is 4.07. The monoisotopic (exact) mass is 295 g/mol. The number of benzene rings is 2. The zero-order chi connectivity index (χ0) is 14.8. The van der Waals surface area contributed by atoms with Crippen LogP contribution in [0.5, 0.6) is 0 Å². The van der Waals surface area contributed by atoms with E-state index in [0.717, 1.165) is 16.8 Å².